The normalized spacial score (nSPS) is 11.4. The lowest BCUT2D eigenvalue weighted by Crippen LogP contribution is -2.36. The van der Waals surface area contributed by atoms with Gasteiger partial charge in [-0.2, -0.15) is 0 Å². The van der Waals surface area contributed by atoms with Crippen molar-refractivity contribution in [2.75, 3.05) is 13.7 Å². The van der Waals surface area contributed by atoms with Gasteiger partial charge in [-0.1, -0.05) is 43.3 Å². The van der Waals surface area contributed by atoms with E-state index < -0.39 is 0 Å². The van der Waals surface area contributed by atoms with Gasteiger partial charge in [-0.15, -0.1) is 24.0 Å². The Bertz CT molecular complexity index is 714. The molecule has 6 nitrogen and oxygen atoms in total. The maximum absolute atomic E-state index is 5.55. The molecule has 1 heterocycles. The molecule has 28 heavy (non-hydrogen) atoms. The topological polar surface area (TPSA) is 71.7 Å². The molecule has 7 heteroatoms. The summed E-state index contributed by atoms with van der Waals surface area (Å²) in [5.74, 6) is 2.00. The van der Waals surface area contributed by atoms with Crippen molar-refractivity contribution in [3.8, 4) is 0 Å². The highest BCUT2D eigenvalue weighted by Gasteiger charge is 2.13. The molecule has 2 rings (SSSR count). The third kappa shape index (κ3) is 7.43. The predicted octanol–water partition coefficient (Wildman–Crippen LogP) is 4.60. The van der Waals surface area contributed by atoms with Gasteiger partial charge in [0.1, 0.15) is 0 Å². The van der Waals surface area contributed by atoms with Gasteiger partial charge in [0, 0.05) is 32.2 Å². The fourth-order valence-electron chi connectivity index (χ4n) is 2.96. The lowest BCUT2D eigenvalue weighted by molar-refractivity contribution is 0.133. The van der Waals surface area contributed by atoms with Crippen LogP contribution in [0.25, 0.3) is 0 Å². The summed E-state index contributed by atoms with van der Waals surface area (Å²) in [5.41, 5.74) is 3.42. The zero-order valence-corrected chi connectivity index (χ0v) is 19.7. The second-order valence-electron chi connectivity index (χ2n) is 6.42. The van der Waals surface area contributed by atoms with Crippen LogP contribution in [-0.4, -0.2) is 24.8 Å². The minimum absolute atomic E-state index is 0. The molecule has 0 saturated heterocycles. The van der Waals surface area contributed by atoms with E-state index in [2.05, 4.69) is 46.8 Å². The van der Waals surface area contributed by atoms with Crippen LogP contribution in [0.2, 0.25) is 0 Å². The van der Waals surface area contributed by atoms with Crippen LogP contribution in [0.5, 0.6) is 0 Å². The third-order valence-corrected chi connectivity index (χ3v) is 4.66. The average Bonchev–Trinajstić information content (AvgIpc) is 3.17. The van der Waals surface area contributed by atoms with Gasteiger partial charge < -0.3 is 19.9 Å². The van der Waals surface area contributed by atoms with Gasteiger partial charge in [-0.25, -0.2) is 0 Å². The molecule has 0 unspecified atom stereocenters. The van der Waals surface area contributed by atoms with E-state index >= 15 is 0 Å². The fourth-order valence-corrected chi connectivity index (χ4v) is 2.96. The van der Waals surface area contributed by atoms with Gasteiger partial charge in [-0.05, 0) is 30.9 Å². The summed E-state index contributed by atoms with van der Waals surface area (Å²) in [5, 5.41) is 10.8. The Morgan fingerprint density at radius 2 is 1.79 bits per heavy atom. The Balaban J connectivity index is 0.00000392. The van der Waals surface area contributed by atoms with Crippen LogP contribution in [0.3, 0.4) is 0 Å². The quantitative estimate of drug-likeness (QED) is 0.284. The van der Waals surface area contributed by atoms with Crippen molar-refractivity contribution in [1.82, 2.24) is 15.8 Å². The maximum atomic E-state index is 5.55. The van der Waals surface area contributed by atoms with E-state index in [1.807, 2.05) is 25.1 Å². The highest BCUT2D eigenvalue weighted by Crippen LogP contribution is 2.22. The Hall–Kier alpha value is -1.61. The molecule has 156 valence electrons. The number of aliphatic imine (C=N–C) groups is 1. The number of halogens is 1. The molecule has 0 aliphatic rings. The van der Waals surface area contributed by atoms with Crippen molar-refractivity contribution in [2.24, 2.45) is 4.99 Å². The van der Waals surface area contributed by atoms with E-state index in [1.165, 1.54) is 11.1 Å². The second kappa shape index (κ2) is 13.5. The van der Waals surface area contributed by atoms with Crippen LogP contribution in [0, 0.1) is 0 Å². The van der Waals surface area contributed by atoms with Gasteiger partial charge >= 0.3 is 0 Å². The number of ether oxygens (including phenoxy) is 1. The van der Waals surface area contributed by atoms with E-state index in [-0.39, 0.29) is 24.0 Å². The van der Waals surface area contributed by atoms with Crippen LogP contribution in [-0.2, 0) is 24.4 Å². The SMILES string of the molecule is CCOCc1ccccc1CNC(=NC)NCc1cc(C(CC)CC)no1.I. The number of guanidine groups is 1. The van der Waals surface area contributed by atoms with Crippen molar-refractivity contribution < 1.29 is 9.26 Å². The van der Waals surface area contributed by atoms with Crippen LogP contribution < -0.4 is 10.6 Å². The Kier molecular flexibility index (Phi) is 11.8. The standard InChI is InChI=1S/C21H32N4O2.HI/c1-5-16(6-2)20-12-19(27-25-20)14-24-21(22-4)23-13-17-10-8-9-11-18(17)15-26-7-3;/h8-12,16H,5-7,13-15H2,1-4H3,(H2,22,23,24);1H. The zero-order valence-electron chi connectivity index (χ0n) is 17.3. The minimum Gasteiger partial charge on any atom is -0.377 e. The summed E-state index contributed by atoms with van der Waals surface area (Å²) in [7, 11) is 1.76. The number of nitrogens with zero attached hydrogens (tertiary/aromatic N) is 2. The van der Waals surface area contributed by atoms with Crippen LogP contribution in [0.1, 0.15) is 62.1 Å². The first-order chi connectivity index (χ1) is 13.2. The highest BCUT2D eigenvalue weighted by atomic mass is 127. The van der Waals surface area contributed by atoms with Crippen LogP contribution in [0.4, 0.5) is 0 Å². The molecule has 0 aliphatic heterocycles. The smallest absolute Gasteiger partial charge is 0.191 e. The first kappa shape index (κ1) is 24.4. The maximum Gasteiger partial charge on any atom is 0.191 e. The Morgan fingerprint density at radius 3 is 2.43 bits per heavy atom. The van der Waals surface area contributed by atoms with Crippen molar-refractivity contribution in [3.05, 3.63) is 52.9 Å². The van der Waals surface area contributed by atoms with E-state index in [1.54, 1.807) is 7.05 Å². The largest absolute Gasteiger partial charge is 0.377 e. The zero-order chi connectivity index (χ0) is 19.5. The number of hydrogen-bond donors (Lipinski definition) is 2. The summed E-state index contributed by atoms with van der Waals surface area (Å²) in [6.45, 7) is 8.92. The first-order valence-corrected chi connectivity index (χ1v) is 9.76. The molecule has 0 atom stereocenters. The third-order valence-electron chi connectivity index (χ3n) is 4.66. The van der Waals surface area contributed by atoms with Crippen molar-refractivity contribution >= 4 is 29.9 Å². The van der Waals surface area contributed by atoms with E-state index in [0.717, 1.165) is 30.3 Å². The molecule has 1 aromatic carbocycles. The molecule has 0 spiro atoms. The molecular formula is C21H33IN4O2. The van der Waals surface area contributed by atoms with E-state index in [9.17, 15) is 0 Å². The summed E-state index contributed by atoms with van der Waals surface area (Å²) < 4.78 is 11.0. The van der Waals surface area contributed by atoms with E-state index in [0.29, 0.717) is 32.2 Å². The predicted molar refractivity (Wildman–Crippen MR) is 124 cm³/mol. The molecule has 2 aromatic rings. The summed E-state index contributed by atoms with van der Waals surface area (Å²) in [6.07, 6.45) is 2.14. The summed E-state index contributed by atoms with van der Waals surface area (Å²) in [4.78, 5) is 4.29. The van der Waals surface area contributed by atoms with Crippen LogP contribution >= 0.6 is 24.0 Å². The number of rotatable bonds is 10. The van der Waals surface area contributed by atoms with E-state index in [4.69, 9.17) is 9.26 Å². The molecule has 1 aromatic heterocycles. The molecule has 0 amide bonds. The van der Waals surface area contributed by atoms with Crippen LogP contribution in [0.15, 0.2) is 39.8 Å². The molecular weight excluding hydrogens is 467 g/mol. The van der Waals surface area contributed by atoms with Crippen molar-refractivity contribution in [2.45, 2.75) is 59.2 Å². The minimum atomic E-state index is 0. The Labute approximate surface area is 185 Å². The van der Waals surface area contributed by atoms with Gasteiger partial charge in [0.2, 0.25) is 0 Å². The summed E-state index contributed by atoms with van der Waals surface area (Å²) >= 11 is 0. The Morgan fingerprint density at radius 1 is 1.11 bits per heavy atom. The molecule has 0 aliphatic carbocycles. The first-order valence-electron chi connectivity index (χ1n) is 9.76. The molecule has 0 bridgehead atoms. The molecule has 2 N–H and O–H groups in total. The van der Waals surface area contributed by atoms with Gasteiger partial charge in [-0.3, -0.25) is 4.99 Å². The number of nitrogens with one attached hydrogen (secondary N) is 2. The number of hydrogen-bond acceptors (Lipinski definition) is 4. The monoisotopic (exact) mass is 500 g/mol. The average molecular weight is 500 g/mol. The van der Waals surface area contributed by atoms with Gasteiger partial charge in [0.05, 0.1) is 18.8 Å². The second-order valence-corrected chi connectivity index (χ2v) is 6.42. The lowest BCUT2D eigenvalue weighted by Gasteiger charge is -2.13. The van der Waals surface area contributed by atoms with Gasteiger partial charge in [0.15, 0.2) is 11.7 Å². The van der Waals surface area contributed by atoms with Crippen molar-refractivity contribution in [3.63, 3.8) is 0 Å². The highest BCUT2D eigenvalue weighted by molar-refractivity contribution is 14.0. The summed E-state index contributed by atoms with van der Waals surface area (Å²) in [6, 6.07) is 10.3. The number of benzene rings is 1. The molecule has 0 saturated carbocycles. The number of aromatic nitrogens is 1. The lowest BCUT2D eigenvalue weighted by atomic mass is 9.99. The molecule has 0 radical (unpaired) electrons. The van der Waals surface area contributed by atoms with Crippen molar-refractivity contribution in [1.29, 1.82) is 0 Å². The fraction of sp³-hybridized carbons (Fsp3) is 0.524. The molecule has 0 fully saturated rings. The van der Waals surface area contributed by atoms with Gasteiger partial charge in [0.25, 0.3) is 0 Å².